The third-order valence-electron chi connectivity index (χ3n) is 4.49. The van der Waals surface area contributed by atoms with Crippen LogP contribution in [0, 0.1) is 6.92 Å². The molecule has 0 aliphatic heterocycles. The summed E-state index contributed by atoms with van der Waals surface area (Å²) >= 11 is 12.1. The molecule has 0 fully saturated rings. The fourth-order valence-corrected chi connectivity index (χ4v) is 4.95. The van der Waals surface area contributed by atoms with E-state index in [9.17, 15) is 8.42 Å². The number of hydrogen-bond donors (Lipinski definition) is 2. The average molecular weight is 443 g/mol. The summed E-state index contributed by atoms with van der Waals surface area (Å²) in [7, 11) is -0.785. The number of H-pyrrole nitrogens is 1. The van der Waals surface area contributed by atoms with Crippen LogP contribution in [0.4, 0.5) is 0 Å². The van der Waals surface area contributed by atoms with E-state index >= 15 is 0 Å². The Morgan fingerprint density at radius 1 is 1.07 bits per heavy atom. The molecule has 0 saturated heterocycles. The van der Waals surface area contributed by atoms with Gasteiger partial charge in [0.15, 0.2) is 0 Å². The monoisotopic (exact) mass is 442 g/mol. The Bertz CT molecular complexity index is 1130. The summed E-state index contributed by atoms with van der Waals surface area (Å²) in [6.45, 7) is 2.16. The first-order chi connectivity index (χ1) is 13.3. The van der Waals surface area contributed by atoms with Gasteiger partial charge < -0.3 is 14.5 Å². The Kier molecular flexibility index (Phi) is 6.09. The number of methoxy groups -OCH3 is 2. The van der Waals surface area contributed by atoms with Crippen molar-refractivity contribution in [2.45, 2.75) is 18.2 Å². The molecule has 28 heavy (non-hydrogen) atoms. The van der Waals surface area contributed by atoms with Crippen LogP contribution < -0.4 is 14.2 Å². The van der Waals surface area contributed by atoms with Gasteiger partial charge in [0.2, 0.25) is 10.0 Å². The molecule has 0 radical (unpaired) electrons. The van der Waals surface area contributed by atoms with Crippen LogP contribution in [-0.4, -0.2) is 34.2 Å². The number of aryl methyl sites for hydroxylation is 1. The Hall–Kier alpha value is -1.93. The minimum atomic E-state index is -3.83. The van der Waals surface area contributed by atoms with Crippen LogP contribution in [0.15, 0.2) is 35.2 Å². The Morgan fingerprint density at radius 3 is 2.50 bits per heavy atom. The van der Waals surface area contributed by atoms with Crippen molar-refractivity contribution in [2.24, 2.45) is 0 Å². The van der Waals surface area contributed by atoms with E-state index in [-0.39, 0.29) is 21.5 Å². The lowest BCUT2D eigenvalue weighted by Crippen LogP contribution is -2.26. The van der Waals surface area contributed by atoms with Crippen LogP contribution in [0.25, 0.3) is 10.9 Å². The molecule has 2 N–H and O–H groups in total. The van der Waals surface area contributed by atoms with E-state index in [1.165, 1.54) is 19.2 Å². The average Bonchev–Trinajstić information content (AvgIpc) is 2.97. The van der Waals surface area contributed by atoms with Crippen LogP contribution >= 0.6 is 23.2 Å². The lowest BCUT2D eigenvalue weighted by molar-refractivity contribution is 0.414. The van der Waals surface area contributed by atoms with Crippen molar-refractivity contribution in [1.82, 2.24) is 9.71 Å². The molecular weight excluding hydrogens is 423 g/mol. The first kappa shape index (κ1) is 20.8. The van der Waals surface area contributed by atoms with Crippen LogP contribution in [0.5, 0.6) is 11.5 Å². The van der Waals surface area contributed by atoms with Crippen LogP contribution in [0.2, 0.25) is 10.0 Å². The third-order valence-corrected chi connectivity index (χ3v) is 6.71. The normalized spacial score (nSPS) is 11.8. The maximum atomic E-state index is 12.7. The van der Waals surface area contributed by atoms with Gasteiger partial charge in [0.1, 0.15) is 16.4 Å². The Morgan fingerprint density at radius 2 is 1.82 bits per heavy atom. The van der Waals surface area contributed by atoms with Gasteiger partial charge in [-0.2, -0.15) is 0 Å². The summed E-state index contributed by atoms with van der Waals surface area (Å²) < 4.78 is 38.2. The van der Waals surface area contributed by atoms with Crippen molar-refractivity contribution in [2.75, 3.05) is 20.8 Å². The molecule has 6 nitrogen and oxygen atoms in total. The zero-order valence-electron chi connectivity index (χ0n) is 15.6. The molecule has 150 valence electrons. The summed E-state index contributed by atoms with van der Waals surface area (Å²) in [4.78, 5) is 3.22. The molecule has 0 unspecified atom stereocenters. The molecule has 0 atom stereocenters. The lowest BCUT2D eigenvalue weighted by atomic mass is 10.1. The summed E-state index contributed by atoms with van der Waals surface area (Å²) in [5.41, 5.74) is 2.98. The van der Waals surface area contributed by atoms with Crippen molar-refractivity contribution in [3.8, 4) is 11.5 Å². The van der Waals surface area contributed by atoms with Crippen molar-refractivity contribution in [3.05, 3.63) is 51.6 Å². The largest absolute Gasteiger partial charge is 0.497 e. The fraction of sp³-hybridized carbons (Fsp3) is 0.263. The highest BCUT2D eigenvalue weighted by Crippen LogP contribution is 2.33. The van der Waals surface area contributed by atoms with Gasteiger partial charge in [0.05, 0.1) is 24.3 Å². The maximum absolute atomic E-state index is 12.7. The molecule has 0 aliphatic rings. The zero-order chi connectivity index (χ0) is 20.5. The maximum Gasteiger partial charge on any atom is 0.242 e. The van der Waals surface area contributed by atoms with Crippen LogP contribution in [0.3, 0.4) is 0 Å². The topological polar surface area (TPSA) is 80.4 Å². The van der Waals surface area contributed by atoms with Crippen LogP contribution in [-0.2, 0) is 16.4 Å². The molecule has 3 rings (SSSR count). The number of ether oxygens (including phenoxy) is 2. The second-order valence-corrected chi connectivity index (χ2v) is 8.75. The number of benzene rings is 2. The molecule has 1 heterocycles. The Balaban J connectivity index is 1.80. The number of hydrogen-bond acceptors (Lipinski definition) is 4. The number of rotatable bonds is 7. The molecule has 0 spiro atoms. The lowest BCUT2D eigenvalue weighted by Gasteiger charge is -2.11. The Labute approximate surface area is 173 Å². The van der Waals surface area contributed by atoms with Crippen molar-refractivity contribution >= 4 is 44.1 Å². The third kappa shape index (κ3) is 4.07. The quantitative estimate of drug-likeness (QED) is 0.570. The van der Waals surface area contributed by atoms with Gasteiger partial charge in [-0.3, -0.25) is 0 Å². The highest BCUT2D eigenvalue weighted by molar-refractivity contribution is 7.89. The van der Waals surface area contributed by atoms with Gasteiger partial charge in [0, 0.05) is 29.2 Å². The molecule has 0 aliphatic carbocycles. The van der Waals surface area contributed by atoms with Gasteiger partial charge in [-0.1, -0.05) is 23.2 Å². The second-order valence-electron chi connectivity index (χ2n) is 6.21. The number of aromatic nitrogens is 1. The highest BCUT2D eigenvalue weighted by atomic mass is 35.5. The predicted octanol–water partition coefficient (Wildman–Crippen LogP) is 4.32. The van der Waals surface area contributed by atoms with E-state index in [1.807, 2.05) is 25.1 Å². The minimum absolute atomic E-state index is 0.0433. The second kappa shape index (κ2) is 8.21. The number of halogens is 2. The predicted molar refractivity (Wildman–Crippen MR) is 111 cm³/mol. The van der Waals surface area contributed by atoms with E-state index in [1.54, 1.807) is 7.11 Å². The highest BCUT2D eigenvalue weighted by Gasteiger charge is 2.21. The molecular formula is C19H20Cl2N2O4S. The smallest absolute Gasteiger partial charge is 0.242 e. The first-order valence-corrected chi connectivity index (χ1v) is 10.7. The SMILES string of the molecule is COc1ccc2[nH]c(C)c(CCNS(=O)(=O)c3cc(Cl)c(OC)cc3Cl)c2c1. The fourth-order valence-electron chi connectivity index (χ4n) is 3.07. The first-order valence-electron chi connectivity index (χ1n) is 8.44. The van der Waals surface area contributed by atoms with E-state index < -0.39 is 10.0 Å². The molecule has 0 bridgehead atoms. The van der Waals surface area contributed by atoms with Crippen molar-refractivity contribution in [3.63, 3.8) is 0 Å². The summed E-state index contributed by atoms with van der Waals surface area (Å²) in [6.07, 6.45) is 0.500. The number of nitrogens with one attached hydrogen (secondary N) is 2. The van der Waals surface area contributed by atoms with Gasteiger partial charge in [-0.05, 0) is 43.2 Å². The van der Waals surface area contributed by atoms with Gasteiger partial charge in [-0.25, -0.2) is 13.1 Å². The van der Waals surface area contributed by atoms with Gasteiger partial charge >= 0.3 is 0 Å². The van der Waals surface area contributed by atoms with Crippen molar-refractivity contribution in [1.29, 1.82) is 0 Å². The van der Waals surface area contributed by atoms with Gasteiger partial charge in [0.25, 0.3) is 0 Å². The standard InChI is InChI=1S/C19H20Cl2N2O4S/c1-11-13(14-8-12(26-2)4-5-17(14)23-11)6-7-22-28(24,25)19-10-15(20)18(27-3)9-16(19)21/h4-5,8-10,22-23H,6-7H2,1-3H3. The summed E-state index contributed by atoms with van der Waals surface area (Å²) in [5, 5.41) is 1.22. The number of aromatic amines is 1. The van der Waals surface area contributed by atoms with E-state index in [0.29, 0.717) is 12.2 Å². The van der Waals surface area contributed by atoms with E-state index in [0.717, 1.165) is 27.9 Å². The number of fused-ring (bicyclic) bond motifs is 1. The zero-order valence-corrected chi connectivity index (χ0v) is 17.9. The van der Waals surface area contributed by atoms with Crippen molar-refractivity contribution < 1.29 is 17.9 Å². The summed E-state index contributed by atoms with van der Waals surface area (Å²) in [5.74, 6) is 1.06. The molecule has 9 heteroatoms. The van der Waals surface area contributed by atoms with Crippen LogP contribution in [0.1, 0.15) is 11.3 Å². The minimum Gasteiger partial charge on any atom is -0.497 e. The molecule has 3 aromatic rings. The van der Waals surface area contributed by atoms with E-state index in [2.05, 4.69) is 9.71 Å². The molecule has 2 aromatic carbocycles. The van der Waals surface area contributed by atoms with E-state index in [4.69, 9.17) is 32.7 Å². The number of sulfonamides is 1. The molecule has 0 saturated carbocycles. The van der Waals surface area contributed by atoms with Gasteiger partial charge in [-0.15, -0.1) is 0 Å². The molecule has 0 amide bonds. The molecule has 1 aromatic heterocycles. The summed E-state index contributed by atoms with van der Waals surface area (Å²) in [6, 6.07) is 8.42.